The normalized spacial score (nSPS) is 15.1. The SMILES string of the molecule is O=S(=O)(O)CCCCCCCCC(F)(F)C(F)(F)C(F)(F)C(F)(F)C(F)(F)F. The number of alkyl halides is 11. The van der Waals surface area contributed by atoms with Crippen molar-refractivity contribution in [3.8, 4) is 0 Å². The molecule has 0 rings (SSSR count). The van der Waals surface area contributed by atoms with Crippen LogP contribution in [0, 0.1) is 0 Å². The summed E-state index contributed by atoms with van der Waals surface area (Å²) in [5, 5.41) is 0. The molecule has 0 saturated carbocycles. The van der Waals surface area contributed by atoms with Crippen LogP contribution >= 0.6 is 0 Å². The molecule has 0 unspecified atom stereocenters. The second-order valence-corrected chi connectivity index (χ2v) is 7.65. The van der Waals surface area contributed by atoms with E-state index in [0.717, 1.165) is 0 Å². The molecular weight excluding hydrogens is 445 g/mol. The second-order valence-electron chi connectivity index (χ2n) is 6.08. The average Bonchev–Trinajstić information content (AvgIpc) is 2.47. The van der Waals surface area contributed by atoms with Crippen molar-refractivity contribution in [3.05, 3.63) is 0 Å². The van der Waals surface area contributed by atoms with Gasteiger partial charge in [-0.3, -0.25) is 4.55 Å². The predicted octanol–water partition coefficient (Wildman–Crippen LogP) is 5.71. The monoisotopic (exact) mass is 462 g/mol. The van der Waals surface area contributed by atoms with Crippen LogP contribution in [0.4, 0.5) is 48.3 Å². The summed E-state index contributed by atoms with van der Waals surface area (Å²) < 4.78 is 169. The van der Waals surface area contributed by atoms with E-state index in [1.807, 2.05) is 0 Å². The molecule has 0 fully saturated rings. The first kappa shape index (κ1) is 27.1. The van der Waals surface area contributed by atoms with Crippen LogP contribution < -0.4 is 0 Å². The average molecular weight is 462 g/mol. The molecule has 28 heavy (non-hydrogen) atoms. The van der Waals surface area contributed by atoms with E-state index < -0.39 is 58.6 Å². The Morgan fingerprint density at radius 3 is 1.36 bits per heavy atom. The van der Waals surface area contributed by atoms with Gasteiger partial charge in [0.05, 0.1) is 5.75 Å². The van der Waals surface area contributed by atoms with Crippen molar-refractivity contribution in [2.45, 2.75) is 74.8 Å². The van der Waals surface area contributed by atoms with Crippen molar-refractivity contribution in [1.29, 1.82) is 0 Å². The predicted molar refractivity (Wildman–Crippen MR) is 74.6 cm³/mol. The summed E-state index contributed by atoms with van der Waals surface area (Å²) in [6.45, 7) is 0. The van der Waals surface area contributed by atoms with Gasteiger partial charge in [-0.25, -0.2) is 0 Å². The minimum atomic E-state index is -7.38. The van der Waals surface area contributed by atoms with Gasteiger partial charge in [0.2, 0.25) is 0 Å². The standard InChI is InChI=1S/C13H17F11O3S/c14-9(15,7-5-3-1-2-4-6-8-28(25,26)27)10(16,17)11(18,19)12(20,21)13(22,23)24/h1-8H2,(H,25,26,27). The van der Waals surface area contributed by atoms with Crippen molar-refractivity contribution >= 4 is 10.1 Å². The zero-order valence-corrected chi connectivity index (χ0v) is 14.8. The third-order valence-corrected chi connectivity index (χ3v) is 4.55. The molecule has 0 saturated heterocycles. The van der Waals surface area contributed by atoms with Gasteiger partial charge in [0.1, 0.15) is 0 Å². The number of rotatable bonds is 12. The Morgan fingerprint density at radius 1 is 0.571 bits per heavy atom. The topological polar surface area (TPSA) is 54.4 Å². The summed E-state index contributed by atoms with van der Waals surface area (Å²) in [6, 6.07) is 0. The van der Waals surface area contributed by atoms with Gasteiger partial charge in [-0.2, -0.15) is 56.7 Å². The lowest BCUT2D eigenvalue weighted by atomic mass is 9.94. The minimum Gasteiger partial charge on any atom is -0.286 e. The van der Waals surface area contributed by atoms with Crippen LogP contribution in [0.3, 0.4) is 0 Å². The highest BCUT2D eigenvalue weighted by molar-refractivity contribution is 7.85. The largest absolute Gasteiger partial charge is 0.460 e. The molecule has 0 aliphatic rings. The number of halogens is 11. The Kier molecular flexibility index (Phi) is 8.60. The molecule has 0 aromatic carbocycles. The van der Waals surface area contributed by atoms with Gasteiger partial charge in [0.15, 0.2) is 0 Å². The molecule has 170 valence electrons. The Hall–Kier alpha value is -0.860. The molecule has 0 aromatic heterocycles. The fourth-order valence-electron chi connectivity index (χ4n) is 2.10. The molecule has 0 radical (unpaired) electrons. The van der Waals surface area contributed by atoms with Gasteiger partial charge >= 0.3 is 29.9 Å². The van der Waals surface area contributed by atoms with Gasteiger partial charge < -0.3 is 0 Å². The maximum absolute atomic E-state index is 13.4. The van der Waals surface area contributed by atoms with Gasteiger partial charge in [0, 0.05) is 6.42 Å². The van der Waals surface area contributed by atoms with Crippen LogP contribution in [0.2, 0.25) is 0 Å². The fourth-order valence-corrected chi connectivity index (χ4v) is 2.67. The third-order valence-electron chi connectivity index (χ3n) is 3.75. The lowest BCUT2D eigenvalue weighted by molar-refractivity contribution is -0.422. The molecule has 0 spiro atoms. The Bertz CT molecular complexity index is 599. The quantitative estimate of drug-likeness (QED) is 0.230. The summed E-state index contributed by atoms with van der Waals surface area (Å²) in [5.41, 5.74) is 0. The van der Waals surface area contributed by atoms with E-state index in [0.29, 0.717) is 0 Å². The van der Waals surface area contributed by atoms with Crippen molar-refractivity contribution < 1.29 is 61.3 Å². The minimum absolute atomic E-state index is 0.00577. The molecule has 15 heteroatoms. The number of hydrogen-bond donors (Lipinski definition) is 1. The van der Waals surface area contributed by atoms with Crippen LogP contribution in [0.5, 0.6) is 0 Å². The van der Waals surface area contributed by atoms with Crippen LogP contribution in [0.25, 0.3) is 0 Å². The summed E-state index contributed by atoms with van der Waals surface area (Å²) in [7, 11) is -4.19. The third kappa shape index (κ3) is 6.32. The van der Waals surface area contributed by atoms with Crippen LogP contribution in [-0.4, -0.2) is 48.6 Å². The molecule has 0 amide bonds. The highest BCUT2D eigenvalue weighted by atomic mass is 32.2. The van der Waals surface area contributed by atoms with Gasteiger partial charge in [-0.15, -0.1) is 0 Å². The van der Waals surface area contributed by atoms with Crippen molar-refractivity contribution in [2.75, 3.05) is 5.75 Å². The van der Waals surface area contributed by atoms with E-state index in [4.69, 9.17) is 4.55 Å². The first-order valence-electron chi connectivity index (χ1n) is 7.74. The Labute approximate surface area is 153 Å². The smallest absolute Gasteiger partial charge is 0.286 e. The molecule has 0 aromatic rings. The summed E-state index contributed by atoms with van der Waals surface area (Å²) >= 11 is 0. The van der Waals surface area contributed by atoms with Crippen LogP contribution in [-0.2, 0) is 10.1 Å². The van der Waals surface area contributed by atoms with Crippen molar-refractivity contribution in [2.24, 2.45) is 0 Å². The molecule has 3 nitrogen and oxygen atoms in total. The zero-order valence-electron chi connectivity index (χ0n) is 14.0. The fraction of sp³-hybridized carbons (Fsp3) is 1.00. The van der Waals surface area contributed by atoms with Gasteiger partial charge in [-0.1, -0.05) is 25.7 Å². The molecule has 0 atom stereocenters. The van der Waals surface area contributed by atoms with E-state index in [1.165, 1.54) is 0 Å². The number of unbranched alkanes of at least 4 members (excludes halogenated alkanes) is 5. The molecule has 1 N–H and O–H groups in total. The molecule has 0 bridgehead atoms. The second kappa shape index (κ2) is 8.88. The maximum Gasteiger partial charge on any atom is 0.460 e. The van der Waals surface area contributed by atoms with E-state index in [9.17, 15) is 56.7 Å². The van der Waals surface area contributed by atoms with E-state index in [2.05, 4.69) is 0 Å². The molecule has 0 heterocycles. The summed E-state index contributed by atoms with van der Waals surface area (Å²) in [5.74, 6) is -28.1. The summed E-state index contributed by atoms with van der Waals surface area (Å²) in [4.78, 5) is 0. The maximum atomic E-state index is 13.4. The van der Waals surface area contributed by atoms with E-state index in [-0.39, 0.29) is 32.1 Å². The zero-order chi connectivity index (χ0) is 22.7. The lowest BCUT2D eigenvalue weighted by Gasteiger charge is -2.37. The highest BCUT2D eigenvalue weighted by Crippen LogP contribution is 2.58. The molecule has 0 aliphatic heterocycles. The summed E-state index contributed by atoms with van der Waals surface area (Å²) in [6.07, 6.45) is -9.95. The lowest BCUT2D eigenvalue weighted by Crippen LogP contribution is -2.66. The van der Waals surface area contributed by atoms with Gasteiger partial charge in [0.25, 0.3) is 10.1 Å². The van der Waals surface area contributed by atoms with Gasteiger partial charge in [-0.05, 0) is 12.8 Å². The van der Waals surface area contributed by atoms with Crippen LogP contribution in [0.1, 0.15) is 44.9 Å². The van der Waals surface area contributed by atoms with Crippen molar-refractivity contribution in [3.63, 3.8) is 0 Å². The van der Waals surface area contributed by atoms with Crippen molar-refractivity contribution in [1.82, 2.24) is 0 Å². The first-order valence-corrected chi connectivity index (χ1v) is 9.35. The Morgan fingerprint density at radius 2 is 0.964 bits per heavy atom. The van der Waals surface area contributed by atoms with E-state index in [1.54, 1.807) is 0 Å². The Balaban J connectivity index is 4.75. The molecule has 0 aliphatic carbocycles. The number of hydrogen-bond acceptors (Lipinski definition) is 2. The van der Waals surface area contributed by atoms with E-state index >= 15 is 0 Å². The molecular formula is C13H17F11O3S. The highest BCUT2D eigenvalue weighted by Gasteiger charge is 2.86. The van der Waals surface area contributed by atoms with Crippen LogP contribution in [0.15, 0.2) is 0 Å². The first-order chi connectivity index (χ1) is 12.2.